The maximum atomic E-state index is 12.4. The molecule has 0 heterocycles. The number of aliphatic carboxylic acids is 1. The molecular weight excluding hydrogens is 354 g/mol. The number of carboxylic acid groups (broad SMARTS) is 1. The molecule has 0 aliphatic heterocycles. The van der Waals surface area contributed by atoms with Gasteiger partial charge in [0.25, 0.3) is 5.91 Å². The van der Waals surface area contributed by atoms with Crippen molar-refractivity contribution in [3.05, 3.63) is 65.2 Å². The first-order chi connectivity index (χ1) is 12.2. The largest absolute Gasteiger partial charge is 0.481 e. The van der Waals surface area contributed by atoms with Crippen molar-refractivity contribution in [1.29, 1.82) is 0 Å². The molecule has 0 aliphatic rings. The van der Waals surface area contributed by atoms with Crippen LogP contribution in [0.5, 0.6) is 0 Å². The molecule has 2 N–H and O–H groups in total. The molecule has 0 spiro atoms. The van der Waals surface area contributed by atoms with Crippen LogP contribution in [0.4, 0.5) is 0 Å². The normalized spacial score (nSPS) is 12.4. The van der Waals surface area contributed by atoms with Gasteiger partial charge in [0, 0.05) is 18.4 Å². The number of hydrogen-bond donors (Lipinski definition) is 2. The SMILES string of the molecule is Cc1ccc(S(C)(=O)=O)cc1C(=O)NCC(Cc1ccccc1)C(=O)O. The van der Waals surface area contributed by atoms with Crippen molar-refractivity contribution in [2.24, 2.45) is 5.92 Å². The molecule has 138 valence electrons. The molecule has 2 aromatic rings. The fourth-order valence-corrected chi connectivity index (χ4v) is 3.18. The van der Waals surface area contributed by atoms with Crippen LogP contribution in [0.15, 0.2) is 53.4 Å². The van der Waals surface area contributed by atoms with E-state index in [-0.39, 0.29) is 17.0 Å². The minimum absolute atomic E-state index is 0.0484. The van der Waals surface area contributed by atoms with E-state index in [0.717, 1.165) is 11.8 Å². The number of hydrogen-bond acceptors (Lipinski definition) is 4. The zero-order chi connectivity index (χ0) is 19.3. The number of rotatable bonds is 7. The van der Waals surface area contributed by atoms with E-state index in [4.69, 9.17) is 0 Å². The second kappa shape index (κ2) is 8.14. The smallest absolute Gasteiger partial charge is 0.308 e. The van der Waals surface area contributed by atoms with Crippen molar-refractivity contribution < 1.29 is 23.1 Å². The maximum absolute atomic E-state index is 12.4. The van der Waals surface area contributed by atoms with Crippen molar-refractivity contribution in [2.45, 2.75) is 18.2 Å². The van der Waals surface area contributed by atoms with Gasteiger partial charge in [-0.25, -0.2) is 8.42 Å². The van der Waals surface area contributed by atoms with Gasteiger partial charge in [-0.2, -0.15) is 0 Å². The van der Waals surface area contributed by atoms with E-state index in [1.165, 1.54) is 12.1 Å². The highest BCUT2D eigenvalue weighted by Gasteiger charge is 2.20. The Hall–Kier alpha value is -2.67. The second-order valence-electron chi connectivity index (χ2n) is 6.18. The highest BCUT2D eigenvalue weighted by atomic mass is 32.2. The molecule has 0 saturated heterocycles. The lowest BCUT2D eigenvalue weighted by Crippen LogP contribution is -2.34. The Morgan fingerprint density at radius 3 is 2.35 bits per heavy atom. The predicted octanol–water partition coefficient (Wildman–Crippen LogP) is 2.07. The van der Waals surface area contributed by atoms with Crippen molar-refractivity contribution in [3.63, 3.8) is 0 Å². The number of benzene rings is 2. The highest BCUT2D eigenvalue weighted by Crippen LogP contribution is 2.16. The van der Waals surface area contributed by atoms with Crippen LogP contribution < -0.4 is 5.32 Å². The summed E-state index contributed by atoms with van der Waals surface area (Å²) in [6.07, 6.45) is 1.36. The number of sulfone groups is 1. The van der Waals surface area contributed by atoms with Crippen molar-refractivity contribution in [1.82, 2.24) is 5.32 Å². The molecule has 0 radical (unpaired) electrons. The molecule has 26 heavy (non-hydrogen) atoms. The van der Waals surface area contributed by atoms with E-state index in [1.54, 1.807) is 13.0 Å². The van der Waals surface area contributed by atoms with Crippen molar-refractivity contribution in [3.8, 4) is 0 Å². The molecule has 2 rings (SSSR count). The Morgan fingerprint density at radius 2 is 1.77 bits per heavy atom. The van der Waals surface area contributed by atoms with Crippen LogP contribution in [0.3, 0.4) is 0 Å². The summed E-state index contributed by atoms with van der Waals surface area (Å²) in [6, 6.07) is 13.5. The molecule has 7 heteroatoms. The second-order valence-corrected chi connectivity index (χ2v) is 8.20. The minimum Gasteiger partial charge on any atom is -0.481 e. The van der Waals surface area contributed by atoms with Gasteiger partial charge in [-0.1, -0.05) is 36.4 Å². The quantitative estimate of drug-likeness (QED) is 0.772. The number of carbonyl (C=O) groups is 2. The Labute approximate surface area is 152 Å². The number of carboxylic acids is 1. The number of carbonyl (C=O) groups excluding carboxylic acids is 1. The summed E-state index contributed by atoms with van der Waals surface area (Å²) >= 11 is 0. The van der Waals surface area contributed by atoms with Gasteiger partial charge in [0.15, 0.2) is 9.84 Å². The predicted molar refractivity (Wildman–Crippen MR) is 97.9 cm³/mol. The van der Waals surface area contributed by atoms with Crippen molar-refractivity contribution >= 4 is 21.7 Å². The summed E-state index contributed by atoms with van der Waals surface area (Å²) in [5.74, 6) is -2.28. The van der Waals surface area contributed by atoms with Crippen LogP contribution >= 0.6 is 0 Å². The Balaban J connectivity index is 2.12. The van der Waals surface area contributed by atoms with E-state index in [1.807, 2.05) is 30.3 Å². The van der Waals surface area contributed by atoms with Gasteiger partial charge >= 0.3 is 5.97 Å². The Kier molecular flexibility index (Phi) is 6.15. The lowest BCUT2D eigenvalue weighted by atomic mass is 9.99. The van der Waals surface area contributed by atoms with Gasteiger partial charge in [0.1, 0.15) is 0 Å². The van der Waals surface area contributed by atoms with Crippen LogP contribution in [-0.2, 0) is 21.1 Å². The molecule has 0 aliphatic carbocycles. The molecule has 2 aromatic carbocycles. The van der Waals surface area contributed by atoms with Gasteiger partial charge < -0.3 is 10.4 Å². The third kappa shape index (κ3) is 5.16. The Morgan fingerprint density at radius 1 is 1.12 bits per heavy atom. The summed E-state index contributed by atoms with van der Waals surface area (Å²) in [5.41, 5.74) is 1.70. The Bertz CT molecular complexity index is 907. The van der Waals surface area contributed by atoms with E-state index in [9.17, 15) is 23.1 Å². The standard InChI is InChI=1S/C19H21NO5S/c1-13-8-9-16(26(2,24)25)11-17(13)18(21)20-12-15(19(22)23)10-14-6-4-3-5-7-14/h3-9,11,15H,10,12H2,1-2H3,(H,20,21)(H,22,23). The number of amides is 1. The molecule has 6 nitrogen and oxygen atoms in total. The van der Waals surface area contributed by atoms with E-state index < -0.39 is 27.6 Å². The summed E-state index contributed by atoms with van der Waals surface area (Å²) in [7, 11) is -3.44. The van der Waals surface area contributed by atoms with E-state index >= 15 is 0 Å². The lowest BCUT2D eigenvalue weighted by molar-refractivity contribution is -0.141. The van der Waals surface area contributed by atoms with Gasteiger partial charge in [0.05, 0.1) is 10.8 Å². The van der Waals surface area contributed by atoms with Crippen LogP contribution in [-0.4, -0.2) is 38.2 Å². The lowest BCUT2D eigenvalue weighted by Gasteiger charge is -2.15. The highest BCUT2D eigenvalue weighted by molar-refractivity contribution is 7.90. The first-order valence-corrected chi connectivity index (χ1v) is 9.93. The zero-order valence-corrected chi connectivity index (χ0v) is 15.4. The van der Waals surface area contributed by atoms with Gasteiger partial charge in [-0.05, 0) is 36.6 Å². The topological polar surface area (TPSA) is 101 Å². The first kappa shape index (κ1) is 19.7. The van der Waals surface area contributed by atoms with Crippen LogP contribution in [0.2, 0.25) is 0 Å². The maximum Gasteiger partial charge on any atom is 0.308 e. The number of aryl methyl sites for hydroxylation is 1. The summed E-state index contributed by atoms with van der Waals surface area (Å²) in [6.45, 7) is 1.64. The van der Waals surface area contributed by atoms with Gasteiger partial charge in [0.2, 0.25) is 0 Å². The fourth-order valence-electron chi connectivity index (χ4n) is 2.53. The van der Waals surface area contributed by atoms with Crippen LogP contribution in [0.25, 0.3) is 0 Å². The molecular formula is C19H21NO5S. The third-order valence-electron chi connectivity index (χ3n) is 4.06. The monoisotopic (exact) mass is 375 g/mol. The fraction of sp³-hybridized carbons (Fsp3) is 0.263. The third-order valence-corrected chi connectivity index (χ3v) is 5.18. The first-order valence-electron chi connectivity index (χ1n) is 8.04. The number of nitrogens with one attached hydrogen (secondary N) is 1. The van der Waals surface area contributed by atoms with Gasteiger partial charge in [-0.3, -0.25) is 9.59 Å². The molecule has 1 unspecified atom stereocenters. The summed E-state index contributed by atoms with van der Waals surface area (Å²) in [4.78, 5) is 23.9. The average Bonchev–Trinajstić information content (AvgIpc) is 2.58. The van der Waals surface area contributed by atoms with Crippen LogP contribution in [0.1, 0.15) is 21.5 Å². The molecule has 0 aromatic heterocycles. The molecule has 0 bridgehead atoms. The molecule has 1 amide bonds. The zero-order valence-electron chi connectivity index (χ0n) is 14.6. The molecule has 0 saturated carbocycles. The van der Waals surface area contributed by atoms with E-state index in [2.05, 4.69) is 5.32 Å². The molecule has 1 atom stereocenters. The van der Waals surface area contributed by atoms with Crippen molar-refractivity contribution in [2.75, 3.05) is 12.8 Å². The summed E-state index contributed by atoms with van der Waals surface area (Å²) in [5, 5.41) is 12.0. The van der Waals surface area contributed by atoms with Gasteiger partial charge in [-0.15, -0.1) is 0 Å². The molecule has 0 fully saturated rings. The van der Waals surface area contributed by atoms with Crippen LogP contribution in [0, 0.1) is 12.8 Å². The summed E-state index contributed by atoms with van der Waals surface area (Å²) < 4.78 is 23.3. The van der Waals surface area contributed by atoms with E-state index in [0.29, 0.717) is 12.0 Å². The average molecular weight is 375 g/mol. The minimum atomic E-state index is -3.44.